The smallest absolute Gasteiger partial charge is 0.246 e. The molecule has 0 aliphatic rings. The molecule has 0 unspecified atom stereocenters. The second kappa shape index (κ2) is 2.86. The van der Waals surface area contributed by atoms with E-state index in [1.165, 1.54) is 13.4 Å². The van der Waals surface area contributed by atoms with Crippen LogP contribution in [0.4, 0.5) is 0 Å². The van der Waals surface area contributed by atoms with Crippen LogP contribution in [0.1, 0.15) is 10.5 Å². The van der Waals surface area contributed by atoms with Crippen molar-refractivity contribution < 1.29 is 9.53 Å². The number of hydrogen-bond acceptors (Lipinski definition) is 5. The van der Waals surface area contributed by atoms with Crippen LogP contribution in [0.3, 0.4) is 0 Å². The number of rotatable bonds is 2. The predicted molar refractivity (Wildman–Crippen MR) is 31.8 cm³/mol. The van der Waals surface area contributed by atoms with Crippen molar-refractivity contribution >= 4 is 6.29 Å². The van der Waals surface area contributed by atoms with Gasteiger partial charge < -0.3 is 4.74 Å². The maximum Gasteiger partial charge on any atom is 0.246 e. The zero-order chi connectivity index (χ0) is 7.40. The van der Waals surface area contributed by atoms with E-state index in [2.05, 4.69) is 15.2 Å². The molecule has 0 radical (unpaired) electrons. The van der Waals surface area contributed by atoms with E-state index in [1.54, 1.807) is 0 Å². The fourth-order valence-corrected chi connectivity index (χ4v) is 0.506. The molecule has 0 saturated carbocycles. The van der Waals surface area contributed by atoms with E-state index in [1.807, 2.05) is 0 Å². The number of aldehydes is 1. The summed E-state index contributed by atoms with van der Waals surface area (Å²) in [6, 6.07) is 0. The molecule has 0 atom stereocenters. The van der Waals surface area contributed by atoms with Crippen molar-refractivity contribution in [2.75, 3.05) is 7.11 Å². The summed E-state index contributed by atoms with van der Waals surface area (Å²) in [4.78, 5) is 13.8. The molecular weight excluding hydrogens is 134 g/mol. The van der Waals surface area contributed by atoms with E-state index in [4.69, 9.17) is 4.74 Å². The highest BCUT2D eigenvalue weighted by molar-refractivity contribution is 5.74. The van der Waals surface area contributed by atoms with Crippen molar-refractivity contribution in [1.29, 1.82) is 0 Å². The van der Waals surface area contributed by atoms with Crippen LogP contribution in [0.15, 0.2) is 6.33 Å². The van der Waals surface area contributed by atoms with Crippen molar-refractivity contribution in [2.24, 2.45) is 0 Å². The number of nitrogens with zero attached hydrogens (tertiary/aromatic N) is 3. The topological polar surface area (TPSA) is 65.0 Å². The standard InChI is InChI=1S/C5H5N3O2/c1-10-5-4(2-9)8-7-3-6-5/h2-3H,1H3. The molecule has 1 aromatic rings. The molecule has 0 N–H and O–H groups in total. The van der Waals surface area contributed by atoms with Crippen LogP contribution < -0.4 is 4.74 Å². The van der Waals surface area contributed by atoms with Crippen molar-refractivity contribution in [3.05, 3.63) is 12.0 Å². The number of methoxy groups -OCH3 is 1. The summed E-state index contributed by atoms with van der Waals surface area (Å²) < 4.78 is 4.69. The molecule has 5 nitrogen and oxygen atoms in total. The van der Waals surface area contributed by atoms with Crippen LogP contribution >= 0.6 is 0 Å². The number of aromatic nitrogens is 3. The van der Waals surface area contributed by atoms with Gasteiger partial charge in [0.2, 0.25) is 5.88 Å². The van der Waals surface area contributed by atoms with E-state index in [0.29, 0.717) is 6.29 Å². The predicted octanol–water partition coefficient (Wildman–Crippen LogP) is -0.307. The van der Waals surface area contributed by atoms with Gasteiger partial charge in [-0.05, 0) is 0 Å². The molecule has 52 valence electrons. The molecule has 0 bridgehead atoms. The van der Waals surface area contributed by atoms with Crippen LogP contribution in [-0.4, -0.2) is 28.6 Å². The maximum absolute atomic E-state index is 10.2. The van der Waals surface area contributed by atoms with Gasteiger partial charge in [0.15, 0.2) is 12.0 Å². The van der Waals surface area contributed by atoms with Crippen LogP contribution in [0.5, 0.6) is 5.88 Å². The molecule has 1 aromatic heterocycles. The van der Waals surface area contributed by atoms with E-state index >= 15 is 0 Å². The molecule has 0 spiro atoms. The van der Waals surface area contributed by atoms with E-state index in [9.17, 15) is 4.79 Å². The Balaban J connectivity index is 3.08. The largest absolute Gasteiger partial charge is 0.479 e. The summed E-state index contributed by atoms with van der Waals surface area (Å²) in [6.45, 7) is 0. The molecule has 5 heteroatoms. The Kier molecular flexibility index (Phi) is 1.89. The van der Waals surface area contributed by atoms with E-state index < -0.39 is 0 Å². The maximum atomic E-state index is 10.2. The van der Waals surface area contributed by atoms with Gasteiger partial charge in [-0.2, -0.15) is 4.98 Å². The lowest BCUT2D eigenvalue weighted by atomic mass is 10.5. The van der Waals surface area contributed by atoms with Gasteiger partial charge in [0, 0.05) is 0 Å². The molecule has 1 heterocycles. The lowest BCUT2D eigenvalue weighted by Gasteiger charge is -1.96. The summed E-state index contributed by atoms with van der Waals surface area (Å²) in [5, 5.41) is 6.85. The second-order valence-electron chi connectivity index (χ2n) is 1.47. The molecule has 0 aliphatic carbocycles. The van der Waals surface area contributed by atoms with Crippen LogP contribution in [0, 0.1) is 0 Å². The highest BCUT2D eigenvalue weighted by atomic mass is 16.5. The third kappa shape index (κ3) is 1.07. The third-order valence-electron chi connectivity index (χ3n) is 0.916. The zero-order valence-corrected chi connectivity index (χ0v) is 5.31. The fraction of sp³-hybridized carbons (Fsp3) is 0.200. The first kappa shape index (κ1) is 6.60. The van der Waals surface area contributed by atoms with Gasteiger partial charge in [0.05, 0.1) is 7.11 Å². The summed E-state index contributed by atoms with van der Waals surface area (Å²) in [5.74, 6) is 0.199. The average Bonchev–Trinajstić information content (AvgIpc) is 2.04. The number of hydrogen-bond donors (Lipinski definition) is 0. The lowest BCUT2D eigenvalue weighted by molar-refractivity contribution is 0.111. The average molecular weight is 139 g/mol. The van der Waals surface area contributed by atoms with Crippen molar-refractivity contribution in [3.8, 4) is 5.88 Å². The fourth-order valence-electron chi connectivity index (χ4n) is 0.506. The van der Waals surface area contributed by atoms with Crippen LogP contribution in [0.25, 0.3) is 0 Å². The number of carbonyl (C=O) groups is 1. The highest BCUT2D eigenvalue weighted by Crippen LogP contribution is 2.04. The molecule has 0 saturated heterocycles. The number of ether oxygens (including phenoxy) is 1. The quantitative estimate of drug-likeness (QED) is 0.526. The Morgan fingerprint density at radius 3 is 3.00 bits per heavy atom. The van der Waals surface area contributed by atoms with Crippen molar-refractivity contribution in [3.63, 3.8) is 0 Å². The minimum absolute atomic E-state index is 0.116. The summed E-state index contributed by atoms with van der Waals surface area (Å²) in [6.07, 6.45) is 1.75. The van der Waals surface area contributed by atoms with Gasteiger partial charge in [-0.15, -0.1) is 10.2 Å². The van der Waals surface area contributed by atoms with Gasteiger partial charge in [-0.1, -0.05) is 0 Å². The first-order chi connectivity index (χ1) is 4.88. The SMILES string of the molecule is COc1ncnnc1C=O. The molecule has 0 amide bonds. The summed E-state index contributed by atoms with van der Waals surface area (Å²) in [5.41, 5.74) is 0.116. The molecule has 0 fully saturated rings. The van der Waals surface area contributed by atoms with Crippen LogP contribution in [0.2, 0.25) is 0 Å². The van der Waals surface area contributed by atoms with Gasteiger partial charge in [-0.25, -0.2) is 0 Å². The molecule has 0 aliphatic heterocycles. The van der Waals surface area contributed by atoms with Gasteiger partial charge in [-0.3, -0.25) is 4.79 Å². The van der Waals surface area contributed by atoms with Gasteiger partial charge in [0.25, 0.3) is 0 Å². The normalized spacial score (nSPS) is 8.90. The molecule has 10 heavy (non-hydrogen) atoms. The van der Waals surface area contributed by atoms with E-state index in [0.717, 1.165) is 0 Å². The van der Waals surface area contributed by atoms with Gasteiger partial charge in [0.1, 0.15) is 6.33 Å². The minimum Gasteiger partial charge on any atom is -0.479 e. The summed E-state index contributed by atoms with van der Waals surface area (Å²) >= 11 is 0. The highest BCUT2D eigenvalue weighted by Gasteiger charge is 2.01. The van der Waals surface area contributed by atoms with E-state index in [-0.39, 0.29) is 11.6 Å². The molecule has 1 rings (SSSR count). The third-order valence-corrected chi connectivity index (χ3v) is 0.916. The first-order valence-electron chi connectivity index (χ1n) is 2.55. The molecular formula is C5H5N3O2. The molecule has 0 aromatic carbocycles. The Hall–Kier alpha value is -1.52. The second-order valence-corrected chi connectivity index (χ2v) is 1.47. The zero-order valence-electron chi connectivity index (χ0n) is 5.31. The van der Waals surface area contributed by atoms with Crippen molar-refractivity contribution in [1.82, 2.24) is 15.2 Å². The van der Waals surface area contributed by atoms with Crippen LogP contribution in [-0.2, 0) is 0 Å². The monoisotopic (exact) mass is 139 g/mol. The Bertz CT molecular complexity index is 238. The van der Waals surface area contributed by atoms with Crippen molar-refractivity contribution in [2.45, 2.75) is 0 Å². The Labute approximate surface area is 57.1 Å². The Morgan fingerprint density at radius 2 is 2.50 bits per heavy atom. The number of carbonyl (C=O) groups excluding carboxylic acids is 1. The first-order valence-corrected chi connectivity index (χ1v) is 2.55. The minimum atomic E-state index is 0.116. The Morgan fingerprint density at radius 1 is 1.70 bits per heavy atom. The summed E-state index contributed by atoms with van der Waals surface area (Å²) in [7, 11) is 1.41. The van der Waals surface area contributed by atoms with Gasteiger partial charge >= 0.3 is 0 Å². The lowest BCUT2D eigenvalue weighted by Crippen LogP contribution is -1.98.